The lowest BCUT2D eigenvalue weighted by molar-refractivity contribution is 0.122. The van der Waals surface area contributed by atoms with Gasteiger partial charge in [-0.05, 0) is 31.2 Å². The molecule has 0 bridgehead atoms. The summed E-state index contributed by atoms with van der Waals surface area (Å²) < 4.78 is 5.53. The van der Waals surface area contributed by atoms with Gasteiger partial charge in [0.25, 0.3) is 0 Å². The van der Waals surface area contributed by atoms with Gasteiger partial charge in [0, 0.05) is 56.6 Å². The fraction of sp³-hybridized carbons (Fsp3) is 0.360. The van der Waals surface area contributed by atoms with E-state index in [0.29, 0.717) is 29.7 Å². The van der Waals surface area contributed by atoms with Crippen LogP contribution in [0.2, 0.25) is 5.02 Å². The van der Waals surface area contributed by atoms with Crippen LogP contribution in [0.5, 0.6) is 0 Å². The highest BCUT2D eigenvalue weighted by Crippen LogP contribution is 2.30. The van der Waals surface area contributed by atoms with E-state index >= 15 is 0 Å². The van der Waals surface area contributed by atoms with Crippen molar-refractivity contribution in [3.8, 4) is 17.3 Å². The van der Waals surface area contributed by atoms with Crippen LogP contribution in [0, 0.1) is 11.3 Å². The summed E-state index contributed by atoms with van der Waals surface area (Å²) >= 11 is 6.40. The maximum Gasteiger partial charge on any atom is 0.228 e. The van der Waals surface area contributed by atoms with Crippen LogP contribution in [0.3, 0.4) is 0 Å². The van der Waals surface area contributed by atoms with E-state index in [9.17, 15) is 0 Å². The molecule has 0 amide bonds. The monoisotopic (exact) mass is 475 g/mol. The first-order valence-electron chi connectivity index (χ1n) is 11.5. The van der Waals surface area contributed by atoms with Crippen LogP contribution in [0.1, 0.15) is 12.5 Å². The lowest BCUT2D eigenvalue weighted by Crippen LogP contribution is -2.53. The summed E-state index contributed by atoms with van der Waals surface area (Å²) in [4.78, 5) is 21.1. The average molecular weight is 476 g/mol. The summed E-state index contributed by atoms with van der Waals surface area (Å²) in [5.74, 6) is 2.43. The zero-order valence-electron chi connectivity index (χ0n) is 19.1. The Hall–Kier alpha value is -3.41. The molecule has 1 unspecified atom stereocenters. The third kappa shape index (κ3) is 4.63. The van der Waals surface area contributed by atoms with Crippen LogP contribution in [-0.2, 0) is 4.74 Å². The van der Waals surface area contributed by atoms with Crippen LogP contribution in [0.25, 0.3) is 11.3 Å². The SMILES string of the molecule is CC1CN(c2ncccc2Cl)CCN1c1cc(-c2ccc(C#N)cc2)nc(N2CCOCC2)n1. The number of rotatable bonds is 4. The molecule has 4 heterocycles. The van der Waals surface area contributed by atoms with Gasteiger partial charge in [-0.25, -0.2) is 9.97 Å². The van der Waals surface area contributed by atoms with Gasteiger partial charge < -0.3 is 19.4 Å². The van der Waals surface area contributed by atoms with Gasteiger partial charge in [0.2, 0.25) is 5.95 Å². The first-order valence-corrected chi connectivity index (χ1v) is 11.8. The number of morpholine rings is 1. The van der Waals surface area contributed by atoms with E-state index < -0.39 is 0 Å². The molecule has 3 aromatic rings. The van der Waals surface area contributed by atoms with E-state index in [2.05, 4.69) is 32.7 Å². The summed E-state index contributed by atoms with van der Waals surface area (Å²) in [7, 11) is 0. The van der Waals surface area contributed by atoms with Gasteiger partial charge >= 0.3 is 0 Å². The van der Waals surface area contributed by atoms with E-state index in [1.807, 2.05) is 42.5 Å². The number of pyridine rings is 1. The van der Waals surface area contributed by atoms with Crippen molar-refractivity contribution in [3.05, 3.63) is 59.2 Å². The van der Waals surface area contributed by atoms with Gasteiger partial charge in [0.15, 0.2) is 0 Å². The molecule has 2 saturated heterocycles. The Morgan fingerprint density at radius 2 is 1.82 bits per heavy atom. The van der Waals surface area contributed by atoms with Gasteiger partial charge in [-0.3, -0.25) is 0 Å². The maximum atomic E-state index is 9.16. The molecular formula is C25H26ClN7O. The highest BCUT2D eigenvalue weighted by atomic mass is 35.5. The fourth-order valence-corrected chi connectivity index (χ4v) is 4.68. The molecule has 2 aliphatic heterocycles. The van der Waals surface area contributed by atoms with Gasteiger partial charge in [0.05, 0.1) is 35.6 Å². The van der Waals surface area contributed by atoms with Crippen molar-refractivity contribution in [1.82, 2.24) is 15.0 Å². The molecule has 5 rings (SSSR count). The zero-order valence-corrected chi connectivity index (χ0v) is 19.8. The smallest absolute Gasteiger partial charge is 0.228 e. The minimum atomic E-state index is 0.202. The van der Waals surface area contributed by atoms with Crippen LogP contribution in [0.15, 0.2) is 48.7 Å². The molecule has 2 fully saturated rings. The van der Waals surface area contributed by atoms with Crippen molar-refractivity contribution in [1.29, 1.82) is 5.26 Å². The number of hydrogen-bond donors (Lipinski definition) is 0. The molecule has 34 heavy (non-hydrogen) atoms. The van der Waals surface area contributed by atoms with Crippen LogP contribution >= 0.6 is 11.6 Å². The average Bonchev–Trinajstić information content (AvgIpc) is 2.89. The van der Waals surface area contributed by atoms with E-state index in [-0.39, 0.29) is 6.04 Å². The van der Waals surface area contributed by atoms with E-state index in [0.717, 1.165) is 55.6 Å². The minimum absolute atomic E-state index is 0.202. The highest BCUT2D eigenvalue weighted by molar-refractivity contribution is 6.32. The quantitative estimate of drug-likeness (QED) is 0.566. The number of benzene rings is 1. The molecule has 2 aromatic heterocycles. The summed E-state index contributed by atoms with van der Waals surface area (Å²) in [6.45, 7) is 7.43. The Bertz CT molecular complexity index is 1190. The molecule has 0 radical (unpaired) electrons. The molecule has 8 nitrogen and oxygen atoms in total. The van der Waals surface area contributed by atoms with Gasteiger partial charge in [0.1, 0.15) is 11.6 Å². The summed E-state index contributed by atoms with van der Waals surface area (Å²) in [5.41, 5.74) is 2.44. The largest absolute Gasteiger partial charge is 0.378 e. The number of anilines is 3. The second kappa shape index (κ2) is 9.84. The lowest BCUT2D eigenvalue weighted by atomic mass is 10.1. The number of hydrogen-bond acceptors (Lipinski definition) is 8. The molecule has 0 saturated carbocycles. The number of nitrogens with zero attached hydrogens (tertiary/aromatic N) is 7. The Kier molecular flexibility index (Phi) is 6.48. The van der Waals surface area contributed by atoms with Crippen LogP contribution in [-0.4, -0.2) is 66.9 Å². The van der Waals surface area contributed by atoms with Crippen molar-refractivity contribution >= 4 is 29.2 Å². The summed E-state index contributed by atoms with van der Waals surface area (Å²) in [5, 5.41) is 9.83. The number of ether oxygens (including phenoxy) is 1. The first kappa shape index (κ1) is 22.4. The molecule has 1 aromatic carbocycles. The third-order valence-corrected chi connectivity index (χ3v) is 6.56. The molecule has 9 heteroatoms. The van der Waals surface area contributed by atoms with Gasteiger partial charge in [-0.2, -0.15) is 10.2 Å². The van der Waals surface area contributed by atoms with Gasteiger partial charge in [-0.1, -0.05) is 23.7 Å². The standard InChI is InChI=1S/C25H26ClN7O/c1-18-17-32(24-21(26)3-2-8-28-24)9-10-33(18)23-15-22(20-6-4-19(16-27)5-7-20)29-25(30-23)31-11-13-34-14-12-31/h2-8,15,18H,9-14,17H2,1H3. The molecule has 174 valence electrons. The minimum Gasteiger partial charge on any atom is -0.378 e. The number of halogens is 1. The van der Waals surface area contributed by atoms with Crippen LogP contribution < -0.4 is 14.7 Å². The lowest BCUT2D eigenvalue weighted by Gasteiger charge is -2.41. The van der Waals surface area contributed by atoms with E-state index in [4.69, 9.17) is 31.6 Å². The van der Waals surface area contributed by atoms with Crippen molar-refractivity contribution < 1.29 is 4.74 Å². The molecular weight excluding hydrogens is 450 g/mol. The zero-order chi connectivity index (χ0) is 23.5. The predicted molar refractivity (Wildman–Crippen MR) is 133 cm³/mol. The summed E-state index contributed by atoms with van der Waals surface area (Å²) in [6.07, 6.45) is 1.78. The maximum absolute atomic E-state index is 9.16. The van der Waals surface area contributed by atoms with Crippen molar-refractivity contribution in [2.24, 2.45) is 0 Å². The summed E-state index contributed by atoms with van der Waals surface area (Å²) in [6, 6.07) is 15.7. The predicted octanol–water partition coefficient (Wildman–Crippen LogP) is 3.62. The number of nitriles is 1. The Morgan fingerprint density at radius 1 is 1.03 bits per heavy atom. The van der Waals surface area contributed by atoms with Crippen molar-refractivity contribution in [2.75, 3.05) is 60.6 Å². The molecule has 0 spiro atoms. The Morgan fingerprint density at radius 3 is 2.53 bits per heavy atom. The van der Waals surface area contributed by atoms with Crippen LogP contribution in [0.4, 0.5) is 17.6 Å². The Balaban J connectivity index is 1.46. The molecule has 0 N–H and O–H groups in total. The topological polar surface area (TPSA) is 81.4 Å². The molecule has 1 atom stereocenters. The second-order valence-electron chi connectivity index (χ2n) is 8.50. The normalized spacial score (nSPS) is 18.6. The fourth-order valence-electron chi connectivity index (χ4n) is 4.44. The first-order chi connectivity index (χ1) is 16.6. The molecule has 2 aliphatic rings. The van der Waals surface area contributed by atoms with E-state index in [1.165, 1.54) is 0 Å². The highest BCUT2D eigenvalue weighted by Gasteiger charge is 2.28. The second-order valence-corrected chi connectivity index (χ2v) is 8.90. The Labute approximate surface area is 204 Å². The van der Waals surface area contributed by atoms with Crippen molar-refractivity contribution in [3.63, 3.8) is 0 Å². The molecule has 0 aliphatic carbocycles. The van der Waals surface area contributed by atoms with E-state index in [1.54, 1.807) is 6.20 Å². The number of piperazine rings is 1. The van der Waals surface area contributed by atoms with Gasteiger partial charge in [-0.15, -0.1) is 0 Å². The number of aromatic nitrogens is 3. The van der Waals surface area contributed by atoms with Crippen molar-refractivity contribution in [2.45, 2.75) is 13.0 Å². The third-order valence-electron chi connectivity index (χ3n) is 6.26.